The van der Waals surface area contributed by atoms with Gasteiger partial charge in [-0.2, -0.15) is 4.57 Å². The van der Waals surface area contributed by atoms with E-state index in [4.69, 9.17) is 12.2 Å². The quantitative estimate of drug-likeness (QED) is 0.249. The van der Waals surface area contributed by atoms with Crippen LogP contribution in [0.3, 0.4) is 0 Å². The molecule has 2 N–H and O–H groups in total. The maximum atomic E-state index is 11.3. The van der Waals surface area contributed by atoms with Gasteiger partial charge in [0.15, 0.2) is 23.1 Å². The number of aromatic nitrogens is 1. The van der Waals surface area contributed by atoms with Gasteiger partial charge in [-0.25, -0.2) is 0 Å². The average molecular weight is 404 g/mol. The van der Waals surface area contributed by atoms with Crippen molar-refractivity contribution in [3.63, 3.8) is 0 Å². The molecule has 3 nitrogen and oxygen atoms in total. The van der Waals surface area contributed by atoms with E-state index in [1.807, 2.05) is 93.2 Å². The first-order chi connectivity index (χ1) is 13.8. The lowest BCUT2D eigenvalue weighted by Gasteiger charge is -2.14. The second kappa shape index (κ2) is 8.58. The van der Waals surface area contributed by atoms with Crippen molar-refractivity contribution >= 4 is 34.3 Å². The predicted molar refractivity (Wildman–Crippen MR) is 125 cm³/mol. The summed E-state index contributed by atoms with van der Waals surface area (Å²) in [5, 5.41) is 14.6. The van der Waals surface area contributed by atoms with E-state index in [0.717, 1.165) is 33.5 Å². The zero-order valence-electron chi connectivity index (χ0n) is 17.6. The van der Waals surface area contributed by atoms with E-state index in [-0.39, 0.29) is 5.76 Å². The van der Waals surface area contributed by atoms with Gasteiger partial charge < -0.3 is 10.4 Å². The number of rotatable bonds is 4. The molecule has 0 unspecified atom stereocenters. The summed E-state index contributed by atoms with van der Waals surface area (Å²) in [6.45, 7) is 10.2. The molecule has 0 bridgehead atoms. The van der Waals surface area contributed by atoms with Gasteiger partial charge in [0.05, 0.1) is 0 Å². The number of benzene rings is 2. The Bertz CT molecular complexity index is 1100. The highest BCUT2D eigenvalue weighted by Crippen LogP contribution is 2.24. The molecule has 1 heterocycles. The Morgan fingerprint density at radius 1 is 0.862 bits per heavy atom. The lowest BCUT2D eigenvalue weighted by molar-refractivity contribution is -0.576. The number of hydrogen-bond acceptors (Lipinski definition) is 2. The Hall–Kier alpha value is -2.98. The first kappa shape index (κ1) is 20.7. The van der Waals surface area contributed by atoms with Crippen LogP contribution >= 0.6 is 12.2 Å². The molecule has 0 fully saturated rings. The topological polar surface area (TPSA) is 36.1 Å². The maximum Gasteiger partial charge on any atom is 0.288 e. The molecule has 0 aliphatic rings. The molecule has 0 aliphatic heterocycles. The van der Waals surface area contributed by atoms with Crippen molar-refractivity contribution in [3.05, 3.63) is 94.3 Å². The third-order valence-electron chi connectivity index (χ3n) is 5.15. The largest absolute Gasteiger partial charge is 0.502 e. The first-order valence-corrected chi connectivity index (χ1v) is 10.1. The van der Waals surface area contributed by atoms with Gasteiger partial charge in [-0.3, -0.25) is 0 Å². The average Bonchev–Trinajstić information content (AvgIpc) is 2.67. The van der Waals surface area contributed by atoms with Gasteiger partial charge in [-0.15, -0.1) is 0 Å². The highest BCUT2D eigenvalue weighted by Gasteiger charge is 2.25. The molecule has 3 aromatic rings. The third kappa shape index (κ3) is 4.54. The van der Waals surface area contributed by atoms with Crippen molar-refractivity contribution in [1.82, 2.24) is 0 Å². The summed E-state index contributed by atoms with van der Waals surface area (Å²) >= 11 is 5.79. The van der Waals surface area contributed by atoms with Crippen LogP contribution in [0.15, 0.2) is 60.9 Å². The SMILES string of the molecule is Cc1ccc[n+](/C(C(=S)Nc2c(C)cccc2C)=C(/O)c2ccc(C)c(C)c2)c1. The van der Waals surface area contributed by atoms with E-state index in [1.54, 1.807) is 0 Å². The van der Waals surface area contributed by atoms with E-state index in [2.05, 4.69) is 12.2 Å². The molecule has 1 aromatic heterocycles. The molecule has 29 heavy (non-hydrogen) atoms. The van der Waals surface area contributed by atoms with Crippen molar-refractivity contribution in [2.45, 2.75) is 34.6 Å². The first-order valence-electron chi connectivity index (χ1n) is 9.64. The van der Waals surface area contributed by atoms with Crippen molar-refractivity contribution < 1.29 is 9.67 Å². The lowest BCUT2D eigenvalue weighted by Crippen LogP contribution is -2.39. The van der Waals surface area contributed by atoms with Gasteiger partial charge in [0.2, 0.25) is 0 Å². The Balaban J connectivity index is 2.15. The molecule has 4 heteroatoms. The Morgan fingerprint density at radius 2 is 1.55 bits per heavy atom. The fraction of sp³-hybridized carbons (Fsp3) is 0.200. The molecular formula is C25H27N2OS+. The fourth-order valence-corrected chi connectivity index (χ4v) is 3.59. The molecule has 2 aromatic carbocycles. The molecule has 0 radical (unpaired) electrons. The van der Waals surface area contributed by atoms with Gasteiger partial charge in [-0.05, 0) is 69.0 Å². The van der Waals surface area contributed by atoms with Crippen molar-refractivity contribution in [2.24, 2.45) is 0 Å². The zero-order chi connectivity index (χ0) is 21.1. The fourth-order valence-electron chi connectivity index (χ4n) is 3.29. The van der Waals surface area contributed by atoms with Crippen LogP contribution < -0.4 is 9.88 Å². The van der Waals surface area contributed by atoms with Crippen LogP contribution in [0.2, 0.25) is 0 Å². The highest BCUT2D eigenvalue weighted by atomic mass is 32.1. The number of thiocarbonyl (C=S) groups is 1. The molecule has 0 saturated carbocycles. The number of hydrogen-bond donors (Lipinski definition) is 2. The number of aliphatic hydroxyl groups is 1. The van der Waals surface area contributed by atoms with Gasteiger partial charge in [0.1, 0.15) is 0 Å². The van der Waals surface area contributed by atoms with E-state index >= 15 is 0 Å². The van der Waals surface area contributed by atoms with Gasteiger partial charge >= 0.3 is 0 Å². The monoisotopic (exact) mass is 403 g/mol. The Labute approximate surface area is 178 Å². The summed E-state index contributed by atoms with van der Waals surface area (Å²) in [7, 11) is 0. The van der Waals surface area contributed by atoms with E-state index in [1.165, 1.54) is 5.56 Å². The minimum atomic E-state index is 0.146. The summed E-state index contributed by atoms with van der Waals surface area (Å²) in [4.78, 5) is 0.466. The van der Waals surface area contributed by atoms with Crippen molar-refractivity contribution in [3.8, 4) is 0 Å². The standard InChI is InChI=1S/C25H26N2OS/c1-16-8-7-13-27(15-16)23(24(28)21-12-11-17(2)20(5)14-21)25(29)26-22-18(3)9-6-10-19(22)4/h6-15H,1-5H3,(H-,26,28,29)/p+1. The smallest absolute Gasteiger partial charge is 0.288 e. The van der Waals surface area contributed by atoms with Crippen LogP contribution in [0.4, 0.5) is 5.69 Å². The maximum absolute atomic E-state index is 11.3. The summed E-state index contributed by atoms with van der Waals surface area (Å²) in [5.74, 6) is 0.146. The van der Waals surface area contributed by atoms with Crippen LogP contribution in [0.1, 0.15) is 33.4 Å². The summed E-state index contributed by atoms with van der Waals surface area (Å²) < 4.78 is 1.88. The van der Waals surface area contributed by atoms with E-state index in [9.17, 15) is 5.11 Å². The number of nitrogens with one attached hydrogen (secondary N) is 1. The molecule has 148 valence electrons. The normalized spacial score (nSPS) is 11.8. The predicted octanol–water partition coefficient (Wildman–Crippen LogP) is 5.84. The zero-order valence-corrected chi connectivity index (χ0v) is 18.4. The lowest BCUT2D eigenvalue weighted by atomic mass is 10.0. The number of nitrogens with zero attached hydrogens (tertiary/aromatic N) is 1. The summed E-state index contributed by atoms with van der Waals surface area (Å²) in [5.41, 5.74) is 7.85. The number of para-hydroxylation sites is 1. The van der Waals surface area contributed by atoms with Gasteiger partial charge in [0.25, 0.3) is 5.70 Å². The molecule has 0 saturated heterocycles. The second-order valence-electron chi connectivity index (χ2n) is 7.51. The molecule has 0 spiro atoms. The van der Waals surface area contributed by atoms with Gasteiger partial charge in [-0.1, -0.05) is 42.5 Å². The third-order valence-corrected chi connectivity index (χ3v) is 5.44. The number of aryl methyl sites for hydroxylation is 5. The number of aliphatic hydroxyl groups excluding tert-OH is 1. The molecule has 0 amide bonds. The van der Waals surface area contributed by atoms with Crippen LogP contribution in [0.25, 0.3) is 11.5 Å². The van der Waals surface area contributed by atoms with E-state index in [0.29, 0.717) is 10.7 Å². The van der Waals surface area contributed by atoms with Crippen LogP contribution in [0.5, 0.6) is 0 Å². The number of anilines is 1. The summed E-state index contributed by atoms with van der Waals surface area (Å²) in [6, 6.07) is 16.0. The Morgan fingerprint density at radius 3 is 2.17 bits per heavy atom. The minimum Gasteiger partial charge on any atom is -0.502 e. The molecule has 0 aliphatic carbocycles. The number of pyridine rings is 1. The summed E-state index contributed by atoms with van der Waals surface area (Å²) in [6.07, 6.45) is 3.86. The van der Waals surface area contributed by atoms with Gasteiger partial charge in [0, 0.05) is 22.9 Å². The molecule has 3 rings (SSSR count). The second-order valence-corrected chi connectivity index (χ2v) is 7.91. The highest BCUT2D eigenvalue weighted by molar-refractivity contribution is 7.81. The molecule has 0 atom stereocenters. The molecular weight excluding hydrogens is 376 g/mol. The van der Waals surface area contributed by atoms with Crippen LogP contribution in [0, 0.1) is 34.6 Å². The van der Waals surface area contributed by atoms with E-state index < -0.39 is 0 Å². The Kier molecular flexibility index (Phi) is 6.14. The minimum absolute atomic E-state index is 0.146. The van der Waals surface area contributed by atoms with Crippen LogP contribution in [-0.4, -0.2) is 10.1 Å². The van der Waals surface area contributed by atoms with Crippen molar-refractivity contribution in [2.75, 3.05) is 5.32 Å². The van der Waals surface area contributed by atoms with Crippen LogP contribution in [-0.2, 0) is 0 Å². The van der Waals surface area contributed by atoms with Crippen molar-refractivity contribution in [1.29, 1.82) is 0 Å².